The molecular weight excluding hydrogens is 264 g/mol. The molecule has 5 nitrogen and oxygen atoms in total. The Bertz CT molecular complexity index is 829. The van der Waals surface area contributed by atoms with Crippen LogP contribution in [-0.2, 0) is 0 Å². The first-order valence-electron chi connectivity index (χ1n) is 6.48. The number of nitrogens with two attached hydrogens (primary N) is 1. The molecule has 5 heteroatoms. The molecule has 0 unspecified atom stereocenters. The molecule has 0 aliphatic carbocycles. The molecule has 0 radical (unpaired) electrons. The number of nitrogens with one attached hydrogen (secondary N) is 1. The van der Waals surface area contributed by atoms with E-state index < -0.39 is 0 Å². The average molecular weight is 278 g/mol. The molecule has 0 bridgehead atoms. The highest BCUT2D eigenvalue weighted by atomic mass is 16.5. The number of aryl methyl sites for hydroxylation is 1. The highest BCUT2D eigenvalue weighted by molar-refractivity contribution is 5.95. The Balaban J connectivity index is 2.04. The van der Waals surface area contributed by atoms with Crippen molar-refractivity contribution in [2.45, 2.75) is 6.92 Å². The number of rotatable bonds is 3. The number of amidine groups is 1. The predicted molar refractivity (Wildman–Crippen MR) is 81.8 cm³/mol. The molecule has 0 saturated heterocycles. The van der Waals surface area contributed by atoms with Crippen LogP contribution in [0.2, 0.25) is 0 Å². The van der Waals surface area contributed by atoms with E-state index in [0.717, 1.165) is 16.6 Å². The normalized spacial score (nSPS) is 10.5. The quantitative estimate of drug-likeness (QED) is 0.569. The summed E-state index contributed by atoms with van der Waals surface area (Å²) in [7, 11) is 0. The van der Waals surface area contributed by atoms with Gasteiger partial charge in [-0.05, 0) is 25.1 Å². The summed E-state index contributed by atoms with van der Waals surface area (Å²) in [5.41, 5.74) is 7.75. The van der Waals surface area contributed by atoms with Crippen molar-refractivity contribution in [1.29, 1.82) is 5.41 Å². The van der Waals surface area contributed by atoms with Gasteiger partial charge in [-0.25, -0.2) is 9.97 Å². The Morgan fingerprint density at radius 2 is 2.05 bits per heavy atom. The summed E-state index contributed by atoms with van der Waals surface area (Å²) in [6, 6.07) is 13.0. The highest BCUT2D eigenvalue weighted by Gasteiger charge is 2.07. The number of hydrogen-bond acceptors (Lipinski definition) is 4. The highest BCUT2D eigenvalue weighted by Crippen LogP contribution is 2.28. The van der Waals surface area contributed by atoms with E-state index in [1.165, 1.54) is 0 Å². The van der Waals surface area contributed by atoms with Crippen LogP contribution in [0.5, 0.6) is 11.6 Å². The molecule has 3 N–H and O–H groups in total. The first-order valence-corrected chi connectivity index (χ1v) is 6.48. The van der Waals surface area contributed by atoms with Crippen LogP contribution >= 0.6 is 0 Å². The van der Waals surface area contributed by atoms with Gasteiger partial charge in [0, 0.05) is 28.9 Å². The monoisotopic (exact) mass is 278 g/mol. The number of para-hydroxylation sites is 1. The van der Waals surface area contributed by atoms with E-state index >= 15 is 0 Å². The Morgan fingerprint density at radius 3 is 2.86 bits per heavy atom. The van der Waals surface area contributed by atoms with Gasteiger partial charge in [0.05, 0.1) is 0 Å². The standard InChI is InChI=1S/C16H14N4O/c1-10-5-6-11-3-2-4-13(15(11)20-10)21-14-9-12(16(17)18)7-8-19-14/h2-9H,1H3,(H3,17,18). The van der Waals surface area contributed by atoms with Gasteiger partial charge >= 0.3 is 0 Å². The van der Waals surface area contributed by atoms with Crippen molar-refractivity contribution >= 4 is 16.7 Å². The van der Waals surface area contributed by atoms with Crippen LogP contribution < -0.4 is 10.5 Å². The lowest BCUT2D eigenvalue weighted by molar-refractivity contribution is 0.467. The number of nitrogen functional groups attached to an aromatic ring is 1. The molecule has 0 spiro atoms. The minimum Gasteiger partial charge on any atom is -0.437 e. The molecule has 0 atom stereocenters. The van der Waals surface area contributed by atoms with E-state index in [2.05, 4.69) is 9.97 Å². The van der Waals surface area contributed by atoms with Crippen LogP contribution in [0, 0.1) is 12.3 Å². The Labute approximate surface area is 121 Å². The average Bonchev–Trinajstić information content (AvgIpc) is 2.48. The van der Waals surface area contributed by atoms with Gasteiger partial charge in [-0.1, -0.05) is 18.2 Å². The zero-order chi connectivity index (χ0) is 14.8. The van der Waals surface area contributed by atoms with Gasteiger partial charge in [-0.3, -0.25) is 5.41 Å². The molecular formula is C16H14N4O. The van der Waals surface area contributed by atoms with E-state index in [-0.39, 0.29) is 5.84 Å². The Hall–Kier alpha value is -2.95. The van der Waals surface area contributed by atoms with Crippen molar-refractivity contribution in [3.63, 3.8) is 0 Å². The molecule has 1 aromatic carbocycles. The van der Waals surface area contributed by atoms with Crippen molar-refractivity contribution < 1.29 is 4.74 Å². The molecule has 2 aromatic heterocycles. The van der Waals surface area contributed by atoms with E-state index in [1.54, 1.807) is 18.3 Å². The van der Waals surface area contributed by atoms with Gasteiger partial charge in [-0.15, -0.1) is 0 Å². The maximum atomic E-state index is 7.45. The van der Waals surface area contributed by atoms with E-state index in [9.17, 15) is 0 Å². The van der Waals surface area contributed by atoms with Gasteiger partial charge in [0.15, 0.2) is 5.75 Å². The third-order valence-corrected chi connectivity index (χ3v) is 3.08. The smallest absolute Gasteiger partial charge is 0.220 e. The lowest BCUT2D eigenvalue weighted by Crippen LogP contribution is -2.11. The second-order valence-corrected chi connectivity index (χ2v) is 4.68. The lowest BCUT2D eigenvalue weighted by Gasteiger charge is -2.09. The van der Waals surface area contributed by atoms with E-state index in [0.29, 0.717) is 17.2 Å². The van der Waals surface area contributed by atoms with E-state index in [4.69, 9.17) is 15.9 Å². The van der Waals surface area contributed by atoms with Gasteiger partial charge in [0.2, 0.25) is 5.88 Å². The molecule has 3 rings (SSSR count). The summed E-state index contributed by atoms with van der Waals surface area (Å²) in [6.45, 7) is 1.94. The molecule has 0 aliphatic rings. The zero-order valence-corrected chi connectivity index (χ0v) is 11.5. The maximum absolute atomic E-state index is 7.45. The molecule has 0 fully saturated rings. The molecule has 21 heavy (non-hydrogen) atoms. The second kappa shape index (κ2) is 5.20. The third kappa shape index (κ3) is 2.67. The Morgan fingerprint density at radius 1 is 1.19 bits per heavy atom. The number of hydrogen-bond donors (Lipinski definition) is 2. The number of fused-ring (bicyclic) bond motifs is 1. The minimum atomic E-state index is -0.0193. The van der Waals surface area contributed by atoms with Crippen LogP contribution in [0.1, 0.15) is 11.3 Å². The third-order valence-electron chi connectivity index (χ3n) is 3.08. The van der Waals surface area contributed by atoms with Crippen LogP contribution in [0.3, 0.4) is 0 Å². The number of nitrogens with zero attached hydrogens (tertiary/aromatic N) is 2. The van der Waals surface area contributed by atoms with Crippen LogP contribution in [0.4, 0.5) is 0 Å². The van der Waals surface area contributed by atoms with Crippen LogP contribution in [-0.4, -0.2) is 15.8 Å². The van der Waals surface area contributed by atoms with Crippen molar-refractivity contribution in [2.75, 3.05) is 0 Å². The van der Waals surface area contributed by atoms with Crippen LogP contribution in [0.15, 0.2) is 48.7 Å². The number of pyridine rings is 2. The first-order chi connectivity index (χ1) is 10.1. The predicted octanol–water partition coefficient (Wildman–Crippen LogP) is 3.01. The summed E-state index contributed by atoms with van der Waals surface area (Å²) in [5, 5.41) is 8.45. The summed E-state index contributed by atoms with van der Waals surface area (Å²) in [5.74, 6) is 0.997. The molecule has 2 heterocycles. The molecule has 0 saturated carbocycles. The summed E-state index contributed by atoms with van der Waals surface area (Å²) < 4.78 is 5.81. The number of benzene rings is 1. The number of ether oxygens (including phenoxy) is 1. The fraction of sp³-hybridized carbons (Fsp3) is 0.0625. The van der Waals surface area contributed by atoms with Gasteiger partial charge in [0.1, 0.15) is 11.4 Å². The summed E-state index contributed by atoms with van der Waals surface area (Å²) >= 11 is 0. The summed E-state index contributed by atoms with van der Waals surface area (Å²) in [6.07, 6.45) is 1.57. The largest absolute Gasteiger partial charge is 0.437 e. The fourth-order valence-corrected chi connectivity index (χ4v) is 2.05. The maximum Gasteiger partial charge on any atom is 0.220 e. The topological polar surface area (TPSA) is 84.9 Å². The van der Waals surface area contributed by atoms with Gasteiger partial charge in [-0.2, -0.15) is 0 Å². The zero-order valence-electron chi connectivity index (χ0n) is 11.5. The molecule has 0 aliphatic heterocycles. The van der Waals surface area contributed by atoms with Crippen molar-refractivity contribution in [1.82, 2.24) is 9.97 Å². The first kappa shape index (κ1) is 13.1. The SMILES string of the molecule is Cc1ccc2cccc(Oc3cc(C(=N)N)ccn3)c2n1. The Kier molecular flexibility index (Phi) is 3.23. The molecule has 3 aromatic rings. The molecule has 104 valence electrons. The van der Waals surface area contributed by atoms with Crippen molar-refractivity contribution in [3.8, 4) is 11.6 Å². The van der Waals surface area contributed by atoms with Gasteiger partial charge < -0.3 is 10.5 Å². The lowest BCUT2D eigenvalue weighted by atomic mass is 10.2. The van der Waals surface area contributed by atoms with Gasteiger partial charge in [0.25, 0.3) is 0 Å². The molecule has 0 amide bonds. The van der Waals surface area contributed by atoms with Crippen molar-refractivity contribution in [2.24, 2.45) is 5.73 Å². The fourth-order valence-electron chi connectivity index (χ4n) is 2.05. The van der Waals surface area contributed by atoms with E-state index in [1.807, 2.05) is 37.3 Å². The van der Waals surface area contributed by atoms with Crippen molar-refractivity contribution in [3.05, 3.63) is 59.9 Å². The summed E-state index contributed by atoms with van der Waals surface area (Å²) in [4.78, 5) is 8.65. The second-order valence-electron chi connectivity index (χ2n) is 4.68. The van der Waals surface area contributed by atoms with Crippen LogP contribution in [0.25, 0.3) is 10.9 Å². The minimum absolute atomic E-state index is 0.0193. The number of aromatic nitrogens is 2.